The van der Waals surface area contributed by atoms with E-state index in [1.807, 2.05) is 0 Å². The van der Waals surface area contributed by atoms with Gasteiger partial charge in [-0.25, -0.2) is 18.4 Å². The highest BCUT2D eigenvalue weighted by molar-refractivity contribution is 7.89. The van der Waals surface area contributed by atoms with E-state index in [0.717, 1.165) is 0 Å². The molecule has 4 N–H and O–H groups in total. The van der Waals surface area contributed by atoms with Crippen LogP contribution in [-0.4, -0.2) is 68.2 Å². The normalized spacial score (nSPS) is 17.8. The summed E-state index contributed by atoms with van der Waals surface area (Å²) in [5.74, 6) is 0. The molecule has 1 aromatic rings. The van der Waals surface area contributed by atoms with Gasteiger partial charge in [-0.1, -0.05) is 0 Å². The lowest BCUT2D eigenvalue weighted by atomic mass is 10.3. The first-order chi connectivity index (χ1) is 10.8. The van der Waals surface area contributed by atoms with Gasteiger partial charge in [0.05, 0.1) is 11.0 Å². The molecule has 0 aromatic heterocycles. The monoisotopic (exact) mass is 342 g/mol. The summed E-state index contributed by atoms with van der Waals surface area (Å²) < 4.78 is 22.4. The van der Waals surface area contributed by atoms with E-state index < -0.39 is 10.0 Å². The maximum atomic E-state index is 12.2. The standard InChI is InChI=1S/C14H22N4O4S/c1-11(19)10-17-6-8-18(9-7-17)14(20)16-12-2-4-13(5-3-12)23(15,21)22/h2-5,11,19H,6-10H2,1H3,(H,16,20)(H2,15,21,22). The fraction of sp³-hybridized carbons (Fsp3) is 0.500. The van der Waals surface area contributed by atoms with Crippen LogP contribution in [0.1, 0.15) is 6.92 Å². The number of nitrogens with zero attached hydrogens (tertiary/aromatic N) is 2. The Morgan fingerprint density at radius 2 is 1.83 bits per heavy atom. The molecule has 1 saturated heterocycles. The zero-order chi connectivity index (χ0) is 17.0. The molecular weight excluding hydrogens is 320 g/mol. The van der Waals surface area contributed by atoms with Crippen molar-refractivity contribution in [3.05, 3.63) is 24.3 Å². The van der Waals surface area contributed by atoms with Gasteiger partial charge in [0.15, 0.2) is 0 Å². The summed E-state index contributed by atoms with van der Waals surface area (Å²) in [7, 11) is -3.73. The number of hydrogen-bond donors (Lipinski definition) is 3. The van der Waals surface area contributed by atoms with Crippen LogP contribution in [0.4, 0.5) is 10.5 Å². The third-order valence-electron chi connectivity index (χ3n) is 3.62. The van der Waals surface area contributed by atoms with E-state index in [-0.39, 0.29) is 17.0 Å². The van der Waals surface area contributed by atoms with Gasteiger partial charge in [-0.2, -0.15) is 0 Å². The lowest BCUT2D eigenvalue weighted by molar-refractivity contribution is 0.0924. The summed E-state index contributed by atoms with van der Waals surface area (Å²) in [6.07, 6.45) is -0.382. The molecule has 0 aliphatic carbocycles. The Labute approximate surface area is 135 Å². The van der Waals surface area contributed by atoms with Crippen LogP contribution < -0.4 is 10.5 Å². The van der Waals surface area contributed by atoms with Crippen LogP contribution in [0.25, 0.3) is 0 Å². The molecule has 1 heterocycles. The minimum atomic E-state index is -3.73. The number of primary sulfonamides is 1. The van der Waals surface area contributed by atoms with E-state index in [2.05, 4.69) is 10.2 Å². The molecule has 0 spiro atoms. The number of amides is 2. The topological polar surface area (TPSA) is 116 Å². The van der Waals surface area contributed by atoms with Gasteiger partial charge >= 0.3 is 6.03 Å². The second-order valence-corrected chi connectivity index (χ2v) is 7.20. The van der Waals surface area contributed by atoms with Gasteiger partial charge in [0.25, 0.3) is 0 Å². The number of aliphatic hydroxyl groups is 1. The van der Waals surface area contributed by atoms with Crippen molar-refractivity contribution in [3.63, 3.8) is 0 Å². The Bertz CT molecular complexity index is 637. The molecule has 0 saturated carbocycles. The van der Waals surface area contributed by atoms with E-state index >= 15 is 0 Å². The highest BCUT2D eigenvalue weighted by Gasteiger charge is 2.21. The lowest BCUT2D eigenvalue weighted by Crippen LogP contribution is -2.51. The third kappa shape index (κ3) is 5.17. The number of anilines is 1. The lowest BCUT2D eigenvalue weighted by Gasteiger charge is -2.35. The molecule has 0 bridgehead atoms. The second-order valence-electron chi connectivity index (χ2n) is 5.64. The molecule has 128 valence electrons. The molecule has 1 unspecified atom stereocenters. The molecular formula is C14H22N4O4S. The van der Waals surface area contributed by atoms with Crippen molar-refractivity contribution >= 4 is 21.7 Å². The van der Waals surface area contributed by atoms with Gasteiger partial charge in [-0.15, -0.1) is 0 Å². The molecule has 1 aromatic carbocycles. The van der Waals surface area contributed by atoms with Crippen molar-refractivity contribution < 1.29 is 18.3 Å². The van der Waals surface area contributed by atoms with Crippen LogP contribution in [0, 0.1) is 0 Å². The molecule has 0 radical (unpaired) electrons. The fourth-order valence-corrected chi connectivity index (χ4v) is 2.95. The number of sulfonamides is 1. The minimum Gasteiger partial charge on any atom is -0.392 e. The van der Waals surface area contributed by atoms with E-state index in [4.69, 9.17) is 5.14 Å². The van der Waals surface area contributed by atoms with Crippen LogP contribution in [0.3, 0.4) is 0 Å². The third-order valence-corrected chi connectivity index (χ3v) is 4.55. The van der Waals surface area contributed by atoms with E-state index in [1.54, 1.807) is 11.8 Å². The van der Waals surface area contributed by atoms with Crippen molar-refractivity contribution in [1.82, 2.24) is 9.80 Å². The van der Waals surface area contributed by atoms with E-state index in [0.29, 0.717) is 38.4 Å². The number of hydrogen-bond acceptors (Lipinski definition) is 5. The predicted molar refractivity (Wildman–Crippen MR) is 86.5 cm³/mol. The van der Waals surface area contributed by atoms with Gasteiger partial charge in [-0.05, 0) is 31.2 Å². The highest BCUT2D eigenvalue weighted by Crippen LogP contribution is 2.14. The van der Waals surface area contributed by atoms with Crippen molar-refractivity contribution in [3.8, 4) is 0 Å². The minimum absolute atomic E-state index is 0.00207. The van der Waals surface area contributed by atoms with Crippen LogP contribution in [0.15, 0.2) is 29.2 Å². The van der Waals surface area contributed by atoms with Gasteiger partial charge in [0.2, 0.25) is 10.0 Å². The van der Waals surface area contributed by atoms with Crippen LogP contribution in [0.5, 0.6) is 0 Å². The SMILES string of the molecule is CC(O)CN1CCN(C(=O)Nc2ccc(S(N)(=O)=O)cc2)CC1. The molecule has 1 atom stereocenters. The summed E-state index contributed by atoms with van der Waals surface area (Å²) in [4.78, 5) is 16.0. The number of nitrogens with one attached hydrogen (secondary N) is 1. The number of rotatable bonds is 4. The molecule has 2 rings (SSSR count). The fourth-order valence-electron chi connectivity index (χ4n) is 2.44. The number of urea groups is 1. The maximum absolute atomic E-state index is 12.2. The molecule has 8 nitrogen and oxygen atoms in total. The molecule has 1 aliphatic heterocycles. The first-order valence-electron chi connectivity index (χ1n) is 7.35. The first-order valence-corrected chi connectivity index (χ1v) is 8.89. The second kappa shape index (κ2) is 7.26. The average molecular weight is 342 g/mol. The summed E-state index contributed by atoms with van der Waals surface area (Å²) in [6.45, 7) is 4.92. The number of benzene rings is 1. The van der Waals surface area contributed by atoms with Gasteiger partial charge in [-0.3, -0.25) is 4.90 Å². The van der Waals surface area contributed by atoms with Crippen molar-refractivity contribution in [1.29, 1.82) is 0 Å². The van der Waals surface area contributed by atoms with Crippen molar-refractivity contribution in [2.45, 2.75) is 17.9 Å². The van der Waals surface area contributed by atoms with Gasteiger partial charge in [0.1, 0.15) is 0 Å². The average Bonchev–Trinajstić information content (AvgIpc) is 2.47. The Morgan fingerprint density at radius 1 is 1.26 bits per heavy atom. The molecule has 2 amide bonds. The Morgan fingerprint density at radius 3 is 2.30 bits per heavy atom. The Hall–Kier alpha value is -1.68. The summed E-state index contributed by atoms with van der Waals surface area (Å²) in [6, 6.07) is 5.48. The van der Waals surface area contributed by atoms with E-state index in [1.165, 1.54) is 24.3 Å². The summed E-state index contributed by atoms with van der Waals surface area (Å²) >= 11 is 0. The number of carbonyl (C=O) groups excluding carboxylic acids is 1. The van der Waals surface area contributed by atoms with Gasteiger partial charge < -0.3 is 15.3 Å². The summed E-state index contributed by atoms with van der Waals surface area (Å²) in [5, 5.41) is 17.1. The Kier molecular flexibility index (Phi) is 5.58. The maximum Gasteiger partial charge on any atom is 0.321 e. The number of carbonyl (C=O) groups is 1. The zero-order valence-corrected chi connectivity index (χ0v) is 13.8. The predicted octanol–water partition coefficient (Wildman–Crippen LogP) is -0.136. The quantitative estimate of drug-likeness (QED) is 0.704. The van der Waals surface area contributed by atoms with Crippen molar-refractivity contribution in [2.24, 2.45) is 5.14 Å². The molecule has 23 heavy (non-hydrogen) atoms. The zero-order valence-electron chi connectivity index (χ0n) is 13.0. The van der Waals surface area contributed by atoms with Gasteiger partial charge in [0, 0.05) is 38.4 Å². The molecule has 1 fully saturated rings. The largest absolute Gasteiger partial charge is 0.392 e. The van der Waals surface area contributed by atoms with E-state index in [9.17, 15) is 18.3 Å². The smallest absolute Gasteiger partial charge is 0.321 e. The van der Waals surface area contributed by atoms with Crippen molar-refractivity contribution in [2.75, 3.05) is 38.0 Å². The highest BCUT2D eigenvalue weighted by atomic mass is 32.2. The number of piperazine rings is 1. The first kappa shape index (κ1) is 17.7. The Balaban J connectivity index is 1.88. The van der Waals surface area contributed by atoms with Crippen LogP contribution in [-0.2, 0) is 10.0 Å². The molecule has 9 heteroatoms. The number of nitrogens with two attached hydrogens (primary N) is 1. The van der Waals surface area contributed by atoms with Crippen LogP contribution in [0.2, 0.25) is 0 Å². The van der Waals surface area contributed by atoms with Crippen LogP contribution >= 0.6 is 0 Å². The number of aliphatic hydroxyl groups excluding tert-OH is 1. The molecule has 1 aliphatic rings. The summed E-state index contributed by atoms with van der Waals surface area (Å²) in [5.41, 5.74) is 0.508. The number of β-amino-alcohol motifs (C(OH)–C–C–N with tert-alkyl or cyclic N) is 1.